The zero-order valence-electron chi connectivity index (χ0n) is 8.95. The van der Waals surface area contributed by atoms with Gasteiger partial charge in [-0.1, -0.05) is 26.0 Å². The van der Waals surface area contributed by atoms with Crippen molar-refractivity contribution < 1.29 is 8.42 Å². The molecule has 4 heteroatoms. The lowest BCUT2D eigenvalue weighted by Crippen LogP contribution is -2.31. The van der Waals surface area contributed by atoms with Gasteiger partial charge in [-0.25, -0.2) is 13.1 Å². The van der Waals surface area contributed by atoms with Crippen molar-refractivity contribution in [1.82, 2.24) is 4.72 Å². The molecule has 0 saturated heterocycles. The first-order valence-electron chi connectivity index (χ1n) is 5.13. The van der Waals surface area contributed by atoms with Crippen LogP contribution in [0, 0.1) is 0 Å². The fourth-order valence-electron chi connectivity index (χ4n) is 1.81. The minimum absolute atomic E-state index is 0.438. The Bertz CT molecular complexity index is 477. The summed E-state index contributed by atoms with van der Waals surface area (Å²) >= 11 is 0. The number of hydrogen-bond acceptors (Lipinski definition) is 2. The predicted octanol–water partition coefficient (Wildman–Crippen LogP) is 1.64. The monoisotopic (exact) mass is 225 g/mol. The highest BCUT2D eigenvalue weighted by atomic mass is 32.2. The summed E-state index contributed by atoms with van der Waals surface area (Å²) in [6.07, 6.45) is 0.787. The van der Waals surface area contributed by atoms with Gasteiger partial charge in [0.15, 0.2) is 0 Å². The Morgan fingerprint density at radius 2 is 2.07 bits per heavy atom. The highest BCUT2D eigenvalue weighted by molar-refractivity contribution is 7.89. The van der Waals surface area contributed by atoms with Gasteiger partial charge in [0.2, 0.25) is 10.0 Å². The SMILES string of the molecule is CC(C)c1ccc2c(c1)CCNS2(=O)=O. The van der Waals surface area contributed by atoms with Gasteiger partial charge in [-0.15, -0.1) is 0 Å². The Balaban J connectivity index is 2.55. The summed E-state index contributed by atoms with van der Waals surface area (Å²) in [4.78, 5) is 0.443. The molecular formula is C11H15NO2S. The van der Waals surface area contributed by atoms with Crippen LogP contribution in [0.25, 0.3) is 0 Å². The third-order valence-electron chi connectivity index (χ3n) is 2.73. The minimum atomic E-state index is -3.23. The number of sulfonamides is 1. The number of nitrogens with one attached hydrogen (secondary N) is 1. The fourth-order valence-corrected chi connectivity index (χ4v) is 3.09. The van der Waals surface area contributed by atoms with Crippen molar-refractivity contribution in [2.45, 2.75) is 31.1 Å². The number of rotatable bonds is 1. The lowest BCUT2D eigenvalue weighted by atomic mass is 9.99. The molecule has 2 rings (SSSR count). The van der Waals surface area contributed by atoms with Crippen molar-refractivity contribution in [2.75, 3.05) is 6.54 Å². The molecule has 15 heavy (non-hydrogen) atoms. The van der Waals surface area contributed by atoms with E-state index in [4.69, 9.17) is 0 Å². The van der Waals surface area contributed by atoms with Gasteiger partial charge in [0, 0.05) is 6.54 Å². The highest BCUT2D eigenvalue weighted by Crippen LogP contribution is 2.24. The molecule has 0 radical (unpaired) electrons. The molecule has 0 aromatic heterocycles. The smallest absolute Gasteiger partial charge is 0.211 e. The van der Waals surface area contributed by atoms with E-state index in [2.05, 4.69) is 18.6 Å². The molecule has 1 aliphatic heterocycles. The molecule has 3 nitrogen and oxygen atoms in total. The molecule has 0 unspecified atom stereocenters. The second-order valence-electron chi connectivity index (χ2n) is 4.17. The van der Waals surface area contributed by atoms with Gasteiger partial charge in [0.25, 0.3) is 0 Å². The topological polar surface area (TPSA) is 46.2 Å². The molecule has 1 aromatic rings. The average molecular weight is 225 g/mol. The maximum atomic E-state index is 11.6. The van der Waals surface area contributed by atoms with Crippen molar-refractivity contribution in [2.24, 2.45) is 0 Å². The van der Waals surface area contributed by atoms with Crippen LogP contribution >= 0.6 is 0 Å². The van der Waals surface area contributed by atoms with Gasteiger partial charge in [-0.2, -0.15) is 0 Å². The Morgan fingerprint density at radius 1 is 1.33 bits per heavy atom. The Labute approximate surface area is 90.6 Å². The zero-order valence-corrected chi connectivity index (χ0v) is 9.76. The molecule has 1 N–H and O–H groups in total. The molecule has 0 amide bonds. The van der Waals surface area contributed by atoms with Crippen LogP contribution in [0.15, 0.2) is 23.1 Å². The van der Waals surface area contributed by atoms with Crippen LogP contribution in [0.3, 0.4) is 0 Å². The maximum Gasteiger partial charge on any atom is 0.240 e. The van der Waals surface area contributed by atoms with Crippen molar-refractivity contribution >= 4 is 10.0 Å². The summed E-state index contributed by atoms with van der Waals surface area (Å²) in [5.74, 6) is 0.438. The summed E-state index contributed by atoms with van der Waals surface area (Å²) in [7, 11) is -3.23. The fraction of sp³-hybridized carbons (Fsp3) is 0.455. The van der Waals surface area contributed by atoms with Crippen LogP contribution in [-0.4, -0.2) is 15.0 Å². The van der Waals surface area contributed by atoms with Crippen molar-refractivity contribution in [3.8, 4) is 0 Å². The molecular weight excluding hydrogens is 210 g/mol. The summed E-state index contributed by atoms with van der Waals surface area (Å²) in [5.41, 5.74) is 2.14. The van der Waals surface area contributed by atoms with E-state index < -0.39 is 10.0 Å². The molecule has 1 aliphatic rings. The molecule has 0 spiro atoms. The minimum Gasteiger partial charge on any atom is -0.211 e. The molecule has 0 fully saturated rings. The van der Waals surface area contributed by atoms with Crippen molar-refractivity contribution in [3.05, 3.63) is 29.3 Å². The van der Waals surface area contributed by atoms with Crippen LogP contribution in [0.5, 0.6) is 0 Å². The summed E-state index contributed by atoms with van der Waals surface area (Å²) < 4.78 is 25.8. The van der Waals surface area contributed by atoms with E-state index in [1.54, 1.807) is 6.07 Å². The van der Waals surface area contributed by atoms with E-state index in [0.29, 0.717) is 17.4 Å². The third kappa shape index (κ3) is 1.92. The van der Waals surface area contributed by atoms with E-state index in [-0.39, 0.29) is 0 Å². The average Bonchev–Trinajstić information content (AvgIpc) is 2.16. The van der Waals surface area contributed by atoms with Crippen molar-refractivity contribution in [1.29, 1.82) is 0 Å². The van der Waals surface area contributed by atoms with Gasteiger partial charge in [0.1, 0.15) is 0 Å². The van der Waals surface area contributed by atoms with Crippen LogP contribution in [-0.2, 0) is 16.4 Å². The maximum absolute atomic E-state index is 11.6. The number of benzene rings is 1. The van der Waals surface area contributed by atoms with Crippen molar-refractivity contribution in [3.63, 3.8) is 0 Å². The predicted molar refractivity (Wildman–Crippen MR) is 59.4 cm³/mol. The number of hydrogen-bond donors (Lipinski definition) is 1. The second kappa shape index (κ2) is 3.61. The van der Waals surface area contributed by atoms with E-state index in [1.807, 2.05) is 12.1 Å². The molecule has 0 saturated carbocycles. The van der Waals surface area contributed by atoms with Gasteiger partial charge in [0.05, 0.1) is 4.90 Å². The Morgan fingerprint density at radius 3 is 2.73 bits per heavy atom. The number of fused-ring (bicyclic) bond motifs is 1. The Hall–Kier alpha value is -0.870. The van der Waals surface area contributed by atoms with Crippen LogP contribution in [0.1, 0.15) is 30.9 Å². The lowest BCUT2D eigenvalue weighted by Gasteiger charge is -2.18. The quantitative estimate of drug-likeness (QED) is 0.790. The summed E-state index contributed by atoms with van der Waals surface area (Å²) in [5, 5.41) is 0. The first kappa shape index (κ1) is 10.6. The second-order valence-corrected chi connectivity index (χ2v) is 5.91. The molecule has 82 valence electrons. The molecule has 1 heterocycles. The third-order valence-corrected chi connectivity index (χ3v) is 4.29. The van der Waals surface area contributed by atoms with Gasteiger partial charge < -0.3 is 0 Å². The van der Waals surface area contributed by atoms with Crippen LogP contribution in [0.2, 0.25) is 0 Å². The van der Waals surface area contributed by atoms with E-state index >= 15 is 0 Å². The zero-order chi connectivity index (χ0) is 11.1. The van der Waals surface area contributed by atoms with E-state index in [9.17, 15) is 8.42 Å². The Kier molecular flexibility index (Phi) is 2.56. The first-order valence-corrected chi connectivity index (χ1v) is 6.61. The summed E-state index contributed by atoms with van der Waals surface area (Å²) in [6, 6.07) is 5.62. The van der Waals surface area contributed by atoms with E-state index in [1.165, 1.54) is 5.56 Å². The van der Waals surface area contributed by atoms with E-state index in [0.717, 1.165) is 12.0 Å². The highest BCUT2D eigenvalue weighted by Gasteiger charge is 2.22. The normalized spacial score (nSPS) is 18.9. The first-order chi connectivity index (χ1) is 7.00. The molecule has 0 aliphatic carbocycles. The largest absolute Gasteiger partial charge is 0.240 e. The van der Waals surface area contributed by atoms with Gasteiger partial charge >= 0.3 is 0 Å². The summed E-state index contributed by atoms with van der Waals surface area (Å²) in [6.45, 7) is 4.73. The molecule has 0 atom stereocenters. The lowest BCUT2D eigenvalue weighted by molar-refractivity contribution is 0.573. The van der Waals surface area contributed by atoms with Crippen LogP contribution < -0.4 is 4.72 Å². The molecule has 1 aromatic carbocycles. The molecule has 0 bridgehead atoms. The van der Waals surface area contributed by atoms with Crippen LogP contribution in [0.4, 0.5) is 0 Å². The van der Waals surface area contributed by atoms with Gasteiger partial charge in [-0.05, 0) is 29.5 Å². The van der Waals surface area contributed by atoms with Gasteiger partial charge in [-0.3, -0.25) is 0 Å². The standard InChI is InChI=1S/C11H15NO2S/c1-8(2)9-3-4-11-10(7-9)5-6-12-15(11,13)14/h3-4,7-8,12H,5-6H2,1-2H3.